The molecule has 3 aliphatic rings. The van der Waals surface area contributed by atoms with Crippen molar-refractivity contribution >= 4 is 11.6 Å². The van der Waals surface area contributed by atoms with Crippen molar-refractivity contribution in [1.29, 1.82) is 0 Å². The molecule has 2 aromatic carbocycles. The predicted molar refractivity (Wildman–Crippen MR) is 143 cm³/mol. The van der Waals surface area contributed by atoms with Gasteiger partial charge in [-0.2, -0.15) is 13.2 Å². The van der Waals surface area contributed by atoms with Crippen molar-refractivity contribution in [3.8, 4) is 0 Å². The molecular formula is C29H38F3N5O. The molecule has 2 aliphatic heterocycles. The molecule has 0 aromatic heterocycles. The standard InChI is InChI=1S/C29H38F3N5O/c30-29(31,32)26-6-2-1-4-24(26)21-37(17-16-35-14-11-33-12-15-35)28(38)18-34-27-7-3-5-23-20-36(13-10-25(23)27)19-22-8-9-22/h1-7,22,33-34H,8-21H2. The molecule has 0 spiro atoms. The summed E-state index contributed by atoms with van der Waals surface area (Å²) in [6.07, 6.45) is -0.846. The number of hydrogen-bond acceptors (Lipinski definition) is 5. The van der Waals surface area contributed by atoms with Gasteiger partial charge in [-0.25, -0.2) is 0 Å². The number of rotatable bonds is 10. The molecule has 2 N–H and O–H groups in total. The zero-order valence-electron chi connectivity index (χ0n) is 21.9. The molecule has 0 atom stereocenters. The number of carbonyl (C=O) groups excluding carboxylic acids is 1. The van der Waals surface area contributed by atoms with Crippen LogP contribution >= 0.6 is 0 Å². The van der Waals surface area contributed by atoms with E-state index in [9.17, 15) is 18.0 Å². The van der Waals surface area contributed by atoms with E-state index in [-0.39, 0.29) is 24.6 Å². The van der Waals surface area contributed by atoms with Gasteiger partial charge in [0.05, 0.1) is 12.1 Å². The molecule has 5 rings (SSSR count). The van der Waals surface area contributed by atoms with Gasteiger partial charge in [0.2, 0.25) is 5.91 Å². The van der Waals surface area contributed by atoms with Crippen molar-refractivity contribution in [2.45, 2.75) is 38.5 Å². The number of nitrogens with one attached hydrogen (secondary N) is 2. The molecule has 1 amide bonds. The molecule has 6 nitrogen and oxygen atoms in total. The lowest BCUT2D eigenvalue weighted by Gasteiger charge is -2.32. The number of alkyl halides is 3. The average Bonchev–Trinajstić information content (AvgIpc) is 3.73. The summed E-state index contributed by atoms with van der Waals surface area (Å²) in [5.74, 6) is 0.658. The first kappa shape index (κ1) is 27.0. The van der Waals surface area contributed by atoms with E-state index in [1.54, 1.807) is 11.0 Å². The summed E-state index contributed by atoms with van der Waals surface area (Å²) in [6.45, 7) is 7.62. The summed E-state index contributed by atoms with van der Waals surface area (Å²) in [6, 6.07) is 11.8. The predicted octanol–water partition coefficient (Wildman–Crippen LogP) is 3.82. The van der Waals surface area contributed by atoms with Crippen LogP contribution in [-0.4, -0.2) is 79.5 Å². The van der Waals surface area contributed by atoms with Gasteiger partial charge in [-0.05, 0) is 54.0 Å². The van der Waals surface area contributed by atoms with Crippen LogP contribution < -0.4 is 10.6 Å². The lowest BCUT2D eigenvalue weighted by atomic mass is 9.97. The molecule has 0 bridgehead atoms. The van der Waals surface area contributed by atoms with Gasteiger partial charge in [0.15, 0.2) is 0 Å². The third-order valence-corrected chi connectivity index (χ3v) is 7.92. The smallest absolute Gasteiger partial charge is 0.376 e. The van der Waals surface area contributed by atoms with Crippen LogP contribution in [0.2, 0.25) is 0 Å². The van der Waals surface area contributed by atoms with Gasteiger partial charge in [0, 0.05) is 71.1 Å². The van der Waals surface area contributed by atoms with Crippen LogP contribution in [0, 0.1) is 5.92 Å². The van der Waals surface area contributed by atoms with E-state index in [0.29, 0.717) is 13.1 Å². The number of benzene rings is 2. The van der Waals surface area contributed by atoms with Crippen LogP contribution in [0.3, 0.4) is 0 Å². The van der Waals surface area contributed by atoms with E-state index in [4.69, 9.17) is 0 Å². The number of anilines is 1. The third kappa shape index (κ3) is 7.07. The van der Waals surface area contributed by atoms with E-state index in [0.717, 1.165) is 69.9 Å². The highest BCUT2D eigenvalue weighted by Crippen LogP contribution is 2.34. The second-order valence-electron chi connectivity index (χ2n) is 10.8. The Labute approximate surface area is 223 Å². The Morgan fingerprint density at radius 3 is 2.58 bits per heavy atom. The lowest BCUT2D eigenvalue weighted by molar-refractivity contribution is -0.139. The Bertz CT molecular complexity index is 1100. The van der Waals surface area contributed by atoms with E-state index < -0.39 is 11.7 Å². The Morgan fingerprint density at radius 2 is 1.82 bits per heavy atom. The minimum Gasteiger partial charge on any atom is -0.376 e. The molecule has 2 fully saturated rings. The first-order valence-electron chi connectivity index (χ1n) is 13.8. The molecular weight excluding hydrogens is 491 g/mol. The van der Waals surface area contributed by atoms with Crippen molar-refractivity contribution in [3.05, 3.63) is 64.7 Å². The molecule has 38 heavy (non-hydrogen) atoms. The fourth-order valence-corrected chi connectivity index (χ4v) is 5.57. The maximum Gasteiger partial charge on any atom is 0.416 e. The van der Waals surface area contributed by atoms with Gasteiger partial charge in [-0.3, -0.25) is 14.6 Å². The molecule has 0 radical (unpaired) electrons. The molecule has 2 heterocycles. The first-order chi connectivity index (χ1) is 18.4. The maximum absolute atomic E-state index is 13.7. The largest absolute Gasteiger partial charge is 0.416 e. The SMILES string of the molecule is O=C(CNc1cccc2c1CCN(CC1CC1)C2)N(CCN1CCNCC1)Cc1ccccc1C(F)(F)F. The number of nitrogens with zero attached hydrogens (tertiary/aromatic N) is 3. The molecule has 9 heteroatoms. The van der Waals surface area contributed by atoms with E-state index in [2.05, 4.69) is 26.5 Å². The molecule has 1 aliphatic carbocycles. The van der Waals surface area contributed by atoms with Gasteiger partial charge in [0.1, 0.15) is 0 Å². The van der Waals surface area contributed by atoms with Crippen LogP contribution in [0.1, 0.15) is 35.1 Å². The maximum atomic E-state index is 13.7. The van der Waals surface area contributed by atoms with Crippen molar-refractivity contribution in [1.82, 2.24) is 20.0 Å². The summed E-state index contributed by atoms with van der Waals surface area (Å²) in [5.41, 5.74) is 2.95. The lowest BCUT2D eigenvalue weighted by Crippen LogP contribution is -2.47. The van der Waals surface area contributed by atoms with Crippen LogP contribution in [-0.2, 0) is 30.5 Å². The van der Waals surface area contributed by atoms with E-state index in [1.165, 1.54) is 36.1 Å². The zero-order chi connectivity index (χ0) is 26.5. The van der Waals surface area contributed by atoms with Gasteiger partial charge in [-0.15, -0.1) is 0 Å². The summed E-state index contributed by atoms with van der Waals surface area (Å²) in [4.78, 5) is 19.8. The minimum atomic E-state index is -4.46. The molecule has 1 saturated heterocycles. The Balaban J connectivity index is 1.26. The quantitative estimate of drug-likeness (QED) is 0.490. The number of fused-ring (bicyclic) bond motifs is 1. The molecule has 0 unspecified atom stereocenters. The number of hydrogen-bond donors (Lipinski definition) is 2. The fourth-order valence-electron chi connectivity index (χ4n) is 5.57. The number of amides is 1. The summed E-state index contributed by atoms with van der Waals surface area (Å²) >= 11 is 0. The van der Waals surface area contributed by atoms with Crippen molar-refractivity contribution in [3.63, 3.8) is 0 Å². The van der Waals surface area contributed by atoms with Crippen LogP contribution in [0.25, 0.3) is 0 Å². The highest BCUT2D eigenvalue weighted by atomic mass is 19.4. The van der Waals surface area contributed by atoms with Gasteiger partial charge >= 0.3 is 6.18 Å². The second kappa shape index (κ2) is 12.1. The fraction of sp³-hybridized carbons (Fsp3) is 0.552. The van der Waals surface area contributed by atoms with Crippen molar-refractivity contribution < 1.29 is 18.0 Å². The van der Waals surface area contributed by atoms with E-state index >= 15 is 0 Å². The summed E-state index contributed by atoms with van der Waals surface area (Å²) in [7, 11) is 0. The minimum absolute atomic E-state index is 0.0536. The number of carbonyl (C=O) groups is 1. The highest BCUT2D eigenvalue weighted by Gasteiger charge is 2.34. The normalized spacial score (nSPS) is 18.7. The number of piperazine rings is 1. The molecule has 206 valence electrons. The van der Waals surface area contributed by atoms with Crippen molar-refractivity contribution in [2.24, 2.45) is 5.92 Å². The summed E-state index contributed by atoms with van der Waals surface area (Å²) in [5, 5.41) is 6.64. The first-order valence-corrected chi connectivity index (χ1v) is 13.8. The van der Waals surface area contributed by atoms with Crippen LogP contribution in [0.4, 0.5) is 18.9 Å². The Morgan fingerprint density at radius 1 is 1.03 bits per heavy atom. The van der Waals surface area contributed by atoms with Gasteiger partial charge in [-0.1, -0.05) is 30.3 Å². The Kier molecular flexibility index (Phi) is 8.55. The Hall–Kier alpha value is -2.62. The number of halogens is 3. The van der Waals surface area contributed by atoms with Gasteiger partial charge < -0.3 is 15.5 Å². The van der Waals surface area contributed by atoms with Crippen molar-refractivity contribution in [2.75, 3.05) is 64.2 Å². The monoisotopic (exact) mass is 529 g/mol. The highest BCUT2D eigenvalue weighted by molar-refractivity contribution is 5.81. The average molecular weight is 530 g/mol. The van der Waals surface area contributed by atoms with E-state index in [1.807, 2.05) is 12.1 Å². The summed E-state index contributed by atoms with van der Waals surface area (Å²) < 4.78 is 41.0. The van der Waals surface area contributed by atoms with Crippen LogP contribution in [0.15, 0.2) is 42.5 Å². The topological polar surface area (TPSA) is 50.9 Å². The third-order valence-electron chi connectivity index (χ3n) is 7.92. The second-order valence-corrected chi connectivity index (χ2v) is 10.8. The molecule has 2 aromatic rings. The van der Waals surface area contributed by atoms with Crippen LogP contribution in [0.5, 0.6) is 0 Å². The molecule has 1 saturated carbocycles. The zero-order valence-corrected chi connectivity index (χ0v) is 21.9. The van der Waals surface area contributed by atoms with Gasteiger partial charge in [0.25, 0.3) is 0 Å².